The van der Waals surface area contributed by atoms with Crippen LogP contribution < -0.4 is 15.8 Å². The average molecular weight is 338 g/mol. The van der Waals surface area contributed by atoms with Crippen LogP contribution in [0.1, 0.15) is 5.56 Å². The largest absolute Gasteiger partial charge is 0.370 e. The third-order valence-corrected chi connectivity index (χ3v) is 4.36. The van der Waals surface area contributed by atoms with Crippen molar-refractivity contribution in [1.29, 1.82) is 0 Å². The Morgan fingerprint density at radius 1 is 1.43 bits per heavy atom. The summed E-state index contributed by atoms with van der Waals surface area (Å²) in [7, 11) is -0.869. The number of hydrogen-bond acceptors (Lipinski definition) is 5. The Kier molecular flexibility index (Phi) is 7.83. The summed E-state index contributed by atoms with van der Waals surface area (Å²) < 4.78 is 30.8. The highest BCUT2D eigenvalue weighted by Crippen LogP contribution is 2.20. The number of hydrogen-bond donors (Lipinski definition) is 3. The van der Waals surface area contributed by atoms with Crippen molar-refractivity contribution in [2.45, 2.75) is 17.9 Å². The van der Waals surface area contributed by atoms with Gasteiger partial charge in [-0.3, -0.25) is 4.79 Å². The summed E-state index contributed by atoms with van der Waals surface area (Å²) in [6, 6.07) is 4.62. The molecule has 7 nitrogen and oxygen atoms in total. The van der Waals surface area contributed by atoms with Crippen LogP contribution in [-0.2, 0) is 19.6 Å². The number of ether oxygens (including phenoxy) is 1. The normalized spacial score (nSPS) is 12.4. The Morgan fingerprint density at radius 3 is 2.52 bits per heavy atom. The van der Waals surface area contributed by atoms with Crippen LogP contribution in [0.5, 0.6) is 0 Å². The number of anilines is 1. The second-order valence-corrected chi connectivity index (χ2v) is 5.99. The highest BCUT2D eigenvalue weighted by atomic mass is 35.5. The number of aryl methyl sites for hydroxylation is 1. The van der Waals surface area contributed by atoms with Crippen molar-refractivity contribution < 1.29 is 17.9 Å². The smallest absolute Gasteiger partial charge is 0.254 e. The molecule has 0 radical (unpaired) electrons. The molecule has 1 rings (SSSR count). The van der Waals surface area contributed by atoms with Gasteiger partial charge in [0.05, 0.1) is 4.90 Å². The van der Waals surface area contributed by atoms with Crippen LogP contribution in [-0.4, -0.2) is 41.1 Å². The molecular formula is C12H20ClN3O4S. The van der Waals surface area contributed by atoms with Crippen LogP contribution in [0.25, 0.3) is 0 Å². The van der Waals surface area contributed by atoms with Gasteiger partial charge in [0.1, 0.15) is 6.10 Å². The van der Waals surface area contributed by atoms with Gasteiger partial charge in [-0.25, -0.2) is 13.1 Å². The zero-order valence-corrected chi connectivity index (χ0v) is 13.7. The predicted molar refractivity (Wildman–Crippen MR) is 83.2 cm³/mol. The molecule has 0 fully saturated rings. The molecule has 21 heavy (non-hydrogen) atoms. The van der Waals surface area contributed by atoms with Gasteiger partial charge in [0, 0.05) is 19.3 Å². The monoisotopic (exact) mass is 337 g/mol. The molecule has 0 aliphatic rings. The van der Waals surface area contributed by atoms with Crippen LogP contribution in [0.15, 0.2) is 23.1 Å². The molecule has 1 aromatic carbocycles. The molecule has 1 aromatic rings. The number of methoxy groups -OCH3 is 1. The summed E-state index contributed by atoms with van der Waals surface area (Å²) in [5, 5.41) is 2.57. The van der Waals surface area contributed by atoms with Gasteiger partial charge in [0.15, 0.2) is 0 Å². The molecule has 1 atom stereocenters. The number of amides is 1. The third-order valence-electron chi connectivity index (χ3n) is 2.80. The second-order valence-electron chi connectivity index (χ2n) is 4.14. The molecule has 0 saturated carbocycles. The van der Waals surface area contributed by atoms with Gasteiger partial charge in [-0.05, 0) is 31.7 Å². The Hall–Kier alpha value is -1.19. The van der Waals surface area contributed by atoms with Crippen LogP contribution in [0.2, 0.25) is 0 Å². The first-order chi connectivity index (χ1) is 9.35. The summed E-state index contributed by atoms with van der Waals surface area (Å²) in [4.78, 5) is 11.9. The molecule has 1 amide bonds. The predicted octanol–water partition coefficient (Wildman–Crippen LogP) is 0.237. The number of nitrogens with one attached hydrogen (secondary N) is 2. The van der Waals surface area contributed by atoms with Crippen molar-refractivity contribution in [3.05, 3.63) is 23.8 Å². The van der Waals surface area contributed by atoms with E-state index < -0.39 is 22.0 Å². The number of rotatable bonds is 6. The Morgan fingerprint density at radius 2 is 2.05 bits per heavy atom. The van der Waals surface area contributed by atoms with Gasteiger partial charge in [-0.1, -0.05) is 6.07 Å². The maximum absolute atomic E-state index is 11.8. The van der Waals surface area contributed by atoms with Crippen LogP contribution in [0.3, 0.4) is 0 Å². The second kappa shape index (κ2) is 8.30. The first-order valence-electron chi connectivity index (χ1n) is 5.93. The van der Waals surface area contributed by atoms with Gasteiger partial charge in [0.25, 0.3) is 5.91 Å². The van der Waals surface area contributed by atoms with Crippen molar-refractivity contribution in [2.75, 3.05) is 26.0 Å². The van der Waals surface area contributed by atoms with E-state index in [1.165, 1.54) is 20.2 Å². The van der Waals surface area contributed by atoms with Gasteiger partial charge in [-0.2, -0.15) is 0 Å². The number of sulfonamides is 1. The van der Waals surface area contributed by atoms with E-state index in [2.05, 4.69) is 10.0 Å². The zero-order valence-electron chi connectivity index (χ0n) is 12.0. The number of nitrogens with two attached hydrogens (primary N) is 1. The fourth-order valence-electron chi connectivity index (χ4n) is 1.61. The molecule has 1 unspecified atom stereocenters. The van der Waals surface area contributed by atoms with Crippen LogP contribution >= 0.6 is 12.4 Å². The molecule has 0 spiro atoms. The van der Waals surface area contributed by atoms with E-state index in [1.807, 2.05) is 0 Å². The van der Waals surface area contributed by atoms with Gasteiger partial charge < -0.3 is 15.8 Å². The van der Waals surface area contributed by atoms with E-state index in [-0.39, 0.29) is 23.8 Å². The van der Waals surface area contributed by atoms with Gasteiger partial charge in [-0.15, -0.1) is 12.4 Å². The molecule has 0 aliphatic heterocycles. The molecule has 0 aromatic heterocycles. The van der Waals surface area contributed by atoms with E-state index >= 15 is 0 Å². The molecule has 120 valence electrons. The molecule has 0 saturated heterocycles. The highest BCUT2D eigenvalue weighted by Gasteiger charge is 2.18. The van der Waals surface area contributed by atoms with Gasteiger partial charge >= 0.3 is 0 Å². The topological polar surface area (TPSA) is 111 Å². The third kappa shape index (κ3) is 4.94. The average Bonchev–Trinajstić information content (AvgIpc) is 2.42. The summed E-state index contributed by atoms with van der Waals surface area (Å²) in [6.45, 7) is 1.71. The van der Waals surface area contributed by atoms with Crippen molar-refractivity contribution >= 4 is 34.0 Å². The quantitative estimate of drug-likeness (QED) is 0.688. The summed E-state index contributed by atoms with van der Waals surface area (Å²) in [5.41, 5.74) is 6.34. The van der Waals surface area contributed by atoms with Crippen molar-refractivity contribution in [2.24, 2.45) is 5.73 Å². The lowest BCUT2D eigenvalue weighted by Crippen LogP contribution is -2.36. The summed E-state index contributed by atoms with van der Waals surface area (Å²) >= 11 is 0. The van der Waals surface area contributed by atoms with Crippen LogP contribution in [0, 0.1) is 6.92 Å². The van der Waals surface area contributed by atoms with E-state index in [0.717, 1.165) is 0 Å². The minimum Gasteiger partial charge on any atom is -0.370 e. The summed E-state index contributed by atoms with van der Waals surface area (Å²) in [6.07, 6.45) is -0.777. The van der Waals surface area contributed by atoms with Crippen molar-refractivity contribution in [3.8, 4) is 0 Å². The standard InChI is InChI=1S/C12H19N3O4S.ClH/c1-8-4-5-9(6-11(8)20(17,18)14-2)15-12(16)10(7-13)19-3;/h4-6,10,14H,7,13H2,1-3H3,(H,15,16);1H. The van der Waals surface area contributed by atoms with Crippen molar-refractivity contribution in [1.82, 2.24) is 4.72 Å². The molecule has 0 aliphatic carbocycles. The summed E-state index contributed by atoms with van der Waals surface area (Å²) in [5.74, 6) is -0.424. The zero-order chi connectivity index (χ0) is 15.3. The minimum atomic E-state index is -3.58. The van der Waals surface area contributed by atoms with E-state index in [4.69, 9.17) is 10.5 Å². The molecule has 0 bridgehead atoms. The Balaban J connectivity index is 0.00000400. The number of halogens is 1. The first kappa shape index (κ1) is 19.8. The lowest BCUT2D eigenvalue weighted by molar-refractivity contribution is -0.125. The number of carbonyl (C=O) groups is 1. The Bertz CT molecular complexity index is 588. The minimum absolute atomic E-state index is 0. The fourth-order valence-corrected chi connectivity index (χ4v) is 2.60. The maximum atomic E-state index is 11.8. The lowest BCUT2D eigenvalue weighted by atomic mass is 10.2. The van der Waals surface area contributed by atoms with Crippen LogP contribution in [0.4, 0.5) is 5.69 Å². The molecule has 0 heterocycles. The first-order valence-corrected chi connectivity index (χ1v) is 7.42. The molecule has 4 N–H and O–H groups in total. The van der Waals surface area contributed by atoms with E-state index in [0.29, 0.717) is 11.3 Å². The maximum Gasteiger partial charge on any atom is 0.254 e. The SMILES string of the molecule is CNS(=O)(=O)c1cc(NC(=O)C(CN)OC)ccc1C.Cl. The fraction of sp³-hybridized carbons (Fsp3) is 0.417. The highest BCUT2D eigenvalue weighted by molar-refractivity contribution is 7.89. The van der Waals surface area contributed by atoms with Crippen molar-refractivity contribution in [3.63, 3.8) is 0 Å². The van der Waals surface area contributed by atoms with E-state index in [1.54, 1.807) is 19.1 Å². The van der Waals surface area contributed by atoms with Gasteiger partial charge in [0.2, 0.25) is 10.0 Å². The number of carbonyl (C=O) groups excluding carboxylic acids is 1. The lowest BCUT2D eigenvalue weighted by Gasteiger charge is -2.14. The molecule has 9 heteroatoms. The molecular weight excluding hydrogens is 318 g/mol. The Labute approximate surface area is 130 Å². The van der Waals surface area contributed by atoms with E-state index in [9.17, 15) is 13.2 Å². The number of benzene rings is 1.